The van der Waals surface area contributed by atoms with Crippen LogP contribution in [0.15, 0.2) is 24.3 Å². The first-order valence-corrected chi connectivity index (χ1v) is 6.51. The van der Waals surface area contributed by atoms with Crippen LogP contribution in [0, 0.1) is 6.92 Å². The number of rotatable bonds is 3. The molecule has 6 heteroatoms. The van der Waals surface area contributed by atoms with Crippen molar-refractivity contribution < 1.29 is 4.74 Å². The molecule has 0 aliphatic carbocycles. The molecule has 0 saturated heterocycles. The molecule has 6 nitrogen and oxygen atoms in total. The van der Waals surface area contributed by atoms with Gasteiger partial charge in [-0.1, -0.05) is 0 Å². The first-order valence-electron chi connectivity index (χ1n) is 6.51. The van der Waals surface area contributed by atoms with E-state index < -0.39 is 0 Å². The number of nitrogens with two attached hydrogens (primary N) is 1. The number of fused-ring (bicyclic) bond motifs is 1. The van der Waals surface area contributed by atoms with E-state index in [9.17, 15) is 0 Å². The molecule has 0 aliphatic heterocycles. The van der Waals surface area contributed by atoms with Crippen LogP contribution in [0.1, 0.15) is 12.6 Å². The van der Waals surface area contributed by atoms with E-state index in [4.69, 9.17) is 10.5 Å². The number of nitrogen functional groups attached to an aromatic ring is 1. The molecule has 0 aliphatic rings. The first-order chi connectivity index (χ1) is 9.65. The molecule has 0 bridgehead atoms. The summed E-state index contributed by atoms with van der Waals surface area (Å²) >= 11 is 0. The van der Waals surface area contributed by atoms with Gasteiger partial charge in [0.15, 0.2) is 5.65 Å². The van der Waals surface area contributed by atoms with Crippen LogP contribution in [0.2, 0.25) is 0 Å². The van der Waals surface area contributed by atoms with Gasteiger partial charge in [-0.3, -0.25) is 4.57 Å². The summed E-state index contributed by atoms with van der Waals surface area (Å²) in [6, 6.07) is 7.72. The Morgan fingerprint density at radius 1 is 1.25 bits per heavy atom. The lowest BCUT2D eigenvalue weighted by Crippen LogP contribution is -2.06. The standard InChI is InChI=1S/C14H17N5O/c1-4-18-13-12(9(2)17-18)16-14(15)19(13)10-5-7-11(20-3)8-6-10/h5-8H,4H2,1-3H3,(H2,15,16). The summed E-state index contributed by atoms with van der Waals surface area (Å²) in [5.74, 6) is 1.27. The van der Waals surface area contributed by atoms with Gasteiger partial charge in [0.25, 0.3) is 0 Å². The van der Waals surface area contributed by atoms with Gasteiger partial charge in [0.1, 0.15) is 11.3 Å². The van der Waals surface area contributed by atoms with E-state index in [1.54, 1.807) is 7.11 Å². The molecule has 0 atom stereocenters. The molecule has 0 amide bonds. The molecule has 2 N–H and O–H groups in total. The lowest BCUT2D eigenvalue weighted by molar-refractivity contribution is 0.415. The number of aryl methyl sites for hydroxylation is 2. The van der Waals surface area contributed by atoms with Crippen molar-refractivity contribution in [2.75, 3.05) is 12.8 Å². The third kappa shape index (κ3) is 1.72. The number of ether oxygens (including phenoxy) is 1. The molecule has 0 saturated carbocycles. The Hall–Kier alpha value is -2.50. The maximum absolute atomic E-state index is 6.07. The lowest BCUT2D eigenvalue weighted by Gasteiger charge is -2.08. The van der Waals surface area contributed by atoms with Gasteiger partial charge in [-0.25, -0.2) is 9.67 Å². The molecular weight excluding hydrogens is 254 g/mol. The van der Waals surface area contributed by atoms with Crippen molar-refractivity contribution in [1.82, 2.24) is 19.3 Å². The number of hydrogen-bond acceptors (Lipinski definition) is 4. The molecule has 2 aromatic heterocycles. The topological polar surface area (TPSA) is 70.9 Å². The molecule has 0 spiro atoms. The summed E-state index contributed by atoms with van der Waals surface area (Å²) in [6.07, 6.45) is 0. The van der Waals surface area contributed by atoms with Gasteiger partial charge in [0, 0.05) is 6.54 Å². The fourth-order valence-corrected chi connectivity index (χ4v) is 2.39. The molecule has 0 unspecified atom stereocenters. The number of hydrogen-bond donors (Lipinski definition) is 1. The van der Waals surface area contributed by atoms with Crippen molar-refractivity contribution in [2.45, 2.75) is 20.4 Å². The minimum absolute atomic E-state index is 0.466. The van der Waals surface area contributed by atoms with Gasteiger partial charge in [-0.2, -0.15) is 5.10 Å². The van der Waals surface area contributed by atoms with Crippen LogP contribution in [0.5, 0.6) is 5.75 Å². The highest BCUT2D eigenvalue weighted by Gasteiger charge is 2.17. The zero-order valence-corrected chi connectivity index (χ0v) is 11.8. The van der Waals surface area contributed by atoms with Crippen molar-refractivity contribution >= 4 is 17.1 Å². The molecule has 0 radical (unpaired) electrons. The van der Waals surface area contributed by atoms with Gasteiger partial charge >= 0.3 is 0 Å². The molecule has 3 aromatic rings. The Labute approximate surface area is 116 Å². The average Bonchev–Trinajstić information content (AvgIpc) is 2.96. The summed E-state index contributed by atoms with van der Waals surface area (Å²) in [5, 5.41) is 4.48. The largest absolute Gasteiger partial charge is 0.497 e. The van der Waals surface area contributed by atoms with Crippen molar-refractivity contribution in [3.63, 3.8) is 0 Å². The first kappa shape index (κ1) is 12.5. The maximum Gasteiger partial charge on any atom is 0.207 e. The van der Waals surface area contributed by atoms with Crippen LogP contribution in [0.4, 0.5) is 5.95 Å². The Kier molecular flexibility index (Phi) is 2.85. The van der Waals surface area contributed by atoms with E-state index in [1.807, 2.05) is 47.4 Å². The summed E-state index contributed by atoms with van der Waals surface area (Å²) in [5.41, 5.74) is 9.68. The highest BCUT2D eigenvalue weighted by molar-refractivity contribution is 5.80. The smallest absolute Gasteiger partial charge is 0.207 e. The average molecular weight is 271 g/mol. The van der Waals surface area contributed by atoms with Gasteiger partial charge in [-0.05, 0) is 38.1 Å². The lowest BCUT2D eigenvalue weighted by atomic mass is 10.3. The van der Waals surface area contributed by atoms with E-state index in [-0.39, 0.29) is 0 Å². The molecular formula is C14H17N5O. The fraction of sp³-hybridized carbons (Fsp3) is 0.286. The van der Waals surface area contributed by atoms with Crippen LogP contribution in [-0.2, 0) is 6.54 Å². The number of aromatic nitrogens is 4. The predicted octanol–water partition coefficient (Wildman–Crippen LogP) is 2.14. The number of benzene rings is 1. The molecule has 1 aromatic carbocycles. The van der Waals surface area contributed by atoms with E-state index in [0.717, 1.165) is 34.8 Å². The SMILES string of the molecule is CCn1nc(C)c2nc(N)n(-c3ccc(OC)cc3)c21. The van der Waals surface area contributed by atoms with Gasteiger partial charge < -0.3 is 10.5 Å². The highest BCUT2D eigenvalue weighted by atomic mass is 16.5. The normalized spacial score (nSPS) is 11.2. The molecule has 0 fully saturated rings. The summed E-state index contributed by atoms with van der Waals surface area (Å²) in [4.78, 5) is 4.43. The Bertz CT molecular complexity index is 754. The molecule has 104 valence electrons. The Balaban J connectivity index is 2.25. The van der Waals surface area contributed by atoms with E-state index in [2.05, 4.69) is 10.1 Å². The summed E-state index contributed by atoms with van der Waals surface area (Å²) in [7, 11) is 1.65. The van der Waals surface area contributed by atoms with Crippen LogP contribution >= 0.6 is 0 Å². The Morgan fingerprint density at radius 3 is 2.55 bits per heavy atom. The third-order valence-corrected chi connectivity index (χ3v) is 3.37. The van der Waals surface area contributed by atoms with Gasteiger partial charge in [-0.15, -0.1) is 0 Å². The predicted molar refractivity (Wildman–Crippen MR) is 78.2 cm³/mol. The molecule has 2 heterocycles. The second-order valence-corrected chi connectivity index (χ2v) is 4.58. The number of nitrogens with zero attached hydrogens (tertiary/aromatic N) is 4. The second kappa shape index (κ2) is 4.56. The zero-order chi connectivity index (χ0) is 14.3. The van der Waals surface area contributed by atoms with Crippen molar-refractivity contribution in [3.8, 4) is 11.4 Å². The van der Waals surface area contributed by atoms with Crippen LogP contribution in [0.3, 0.4) is 0 Å². The maximum atomic E-state index is 6.07. The van der Waals surface area contributed by atoms with Crippen LogP contribution in [-0.4, -0.2) is 26.4 Å². The van der Waals surface area contributed by atoms with Crippen LogP contribution < -0.4 is 10.5 Å². The van der Waals surface area contributed by atoms with Gasteiger partial charge in [0.05, 0.1) is 18.5 Å². The van der Waals surface area contributed by atoms with Crippen molar-refractivity contribution in [3.05, 3.63) is 30.0 Å². The Morgan fingerprint density at radius 2 is 1.95 bits per heavy atom. The zero-order valence-electron chi connectivity index (χ0n) is 11.8. The third-order valence-electron chi connectivity index (χ3n) is 3.37. The van der Waals surface area contributed by atoms with E-state index >= 15 is 0 Å². The fourth-order valence-electron chi connectivity index (χ4n) is 2.39. The quantitative estimate of drug-likeness (QED) is 0.792. The number of imidazole rings is 1. The monoisotopic (exact) mass is 271 g/mol. The minimum atomic E-state index is 0.466. The highest BCUT2D eigenvalue weighted by Crippen LogP contribution is 2.26. The summed E-state index contributed by atoms with van der Waals surface area (Å²) < 4.78 is 9.01. The van der Waals surface area contributed by atoms with Gasteiger partial charge in [0.2, 0.25) is 5.95 Å². The van der Waals surface area contributed by atoms with Crippen molar-refractivity contribution in [1.29, 1.82) is 0 Å². The molecule has 20 heavy (non-hydrogen) atoms. The number of methoxy groups -OCH3 is 1. The van der Waals surface area contributed by atoms with Crippen molar-refractivity contribution in [2.24, 2.45) is 0 Å². The van der Waals surface area contributed by atoms with Crippen LogP contribution in [0.25, 0.3) is 16.9 Å². The van der Waals surface area contributed by atoms with E-state index in [1.165, 1.54) is 0 Å². The second-order valence-electron chi connectivity index (χ2n) is 4.58. The number of anilines is 1. The minimum Gasteiger partial charge on any atom is -0.497 e. The summed E-state index contributed by atoms with van der Waals surface area (Å²) in [6.45, 7) is 4.76. The molecule has 3 rings (SSSR count). The van der Waals surface area contributed by atoms with E-state index in [0.29, 0.717) is 5.95 Å².